The fourth-order valence-electron chi connectivity index (χ4n) is 7.30. The monoisotopic (exact) mass is 548 g/mol. The van der Waals surface area contributed by atoms with Gasteiger partial charge in [-0.2, -0.15) is 0 Å². The maximum absolute atomic E-state index is 6.05. The number of hydrogen-bond acceptors (Lipinski definition) is 2. The molecule has 4 aliphatic rings. The van der Waals surface area contributed by atoms with Crippen molar-refractivity contribution in [3.05, 3.63) is 69.7 Å². The highest BCUT2D eigenvalue weighted by atomic mass is 35.5. The standard InChI is InChI=1S/C17H24ClN.C14H18ClN.ClH/c1-19-16(13-5-2-3-6-13)17(11-4-12-17)14-7-9-15(18)10-8-14;1-16(13-7-8-13)14(9-2-10-14)11-3-5-12(15)6-4-11;/h7-10,13,16,19H,2-6,11-12H2,1H3;3-6,13H,2,7-10H2,1H3;1H. The van der Waals surface area contributed by atoms with Crippen molar-refractivity contribution in [1.29, 1.82) is 0 Å². The molecule has 1 N–H and O–H groups in total. The molecule has 5 heteroatoms. The van der Waals surface area contributed by atoms with Crippen molar-refractivity contribution in [3.8, 4) is 0 Å². The highest BCUT2D eigenvalue weighted by Gasteiger charge is 2.48. The van der Waals surface area contributed by atoms with E-state index in [0.717, 1.165) is 22.0 Å². The van der Waals surface area contributed by atoms with Crippen LogP contribution >= 0.6 is 35.6 Å². The van der Waals surface area contributed by atoms with Crippen molar-refractivity contribution < 1.29 is 0 Å². The minimum absolute atomic E-state index is 0. The van der Waals surface area contributed by atoms with Gasteiger partial charge < -0.3 is 5.32 Å². The lowest BCUT2D eigenvalue weighted by atomic mass is 9.57. The van der Waals surface area contributed by atoms with Gasteiger partial charge in [-0.05, 0) is 113 Å². The first-order chi connectivity index (χ1) is 17.0. The summed E-state index contributed by atoms with van der Waals surface area (Å²) in [7, 11) is 4.45. The second-order valence-corrected chi connectivity index (χ2v) is 12.4. The lowest BCUT2D eigenvalue weighted by Gasteiger charge is -2.50. The third-order valence-corrected chi connectivity index (χ3v) is 10.3. The van der Waals surface area contributed by atoms with E-state index in [9.17, 15) is 0 Å². The second kappa shape index (κ2) is 12.0. The van der Waals surface area contributed by atoms with E-state index in [1.54, 1.807) is 0 Å². The van der Waals surface area contributed by atoms with Crippen LogP contribution in [0.5, 0.6) is 0 Å². The predicted octanol–water partition coefficient (Wildman–Crippen LogP) is 8.78. The minimum Gasteiger partial charge on any atom is -0.316 e. The average Bonchev–Trinajstić information content (AvgIpc) is 3.53. The van der Waals surface area contributed by atoms with E-state index in [0.29, 0.717) is 17.0 Å². The van der Waals surface area contributed by atoms with E-state index in [4.69, 9.17) is 23.2 Å². The van der Waals surface area contributed by atoms with Crippen LogP contribution in [0, 0.1) is 5.92 Å². The van der Waals surface area contributed by atoms with Crippen LogP contribution in [-0.4, -0.2) is 31.1 Å². The van der Waals surface area contributed by atoms with Gasteiger partial charge in [-0.3, -0.25) is 4.90 Å². The van der Waals surface area contributed by atoms with E-state index in [1.807, 2.05) is 12.1 Å². The maximum Gasteiger partial charge on any atom is 0.0460 e. The molecular weight excluding hydrogens is 507 g/mol. The number of likely N-dealkylation sites (N-methyl/N-ethyl adjacent to an activating group) is 1. The van der Waals surface area contributed by atoms with E-state index in [2.05, 4.69) is 60.7 Å². The van der Waals surface area contributed by atoms with Crippen molar-refractivity contribution >= 4 is 35.6 Å². The Labute approximate surface area is 234 Å². The summed E-state index contributed by atoms with van der Waals surface area (Å²) in [6.45, 7) is 0. The molecule has 0 aromatic heterocycles. The summed E-state index contributed by atoms with van der Waals surface area (Å²) in [5, 5.41) is 5.35. The molecule has 2 nitrogen and oxygen atoms in total. The Hall–Kier alpha value is -0.770. The highest BCUT2D eigenvalue weighted by molar-refractivity contribution is 6.30. The van der Waals surface area contributed by atoms with Crippen LogP contribution in [0.2, 0.25) is 10.0 Å². The molecule has 0 heterocycles. The van der Waals surface area contributed by atoms with E-state index in [1.165, 1.54) is 88.2 Å². The number of hydrogen-bond donors (Lipinski definition) is 1. The second-order valence-electron chi connectivity index (χ2n) is 11.6. The van der Waals surface area contributed by atoms with Crippen LogP contribution in [0.1, 0.15) is 88.2 Å². The van der Waals surface area contributed by atoms with E-state index >= 15 is 0 Å². The van der Waals surface area contributed by atoms with E-state index < -0.39 is 0 Å². The summed E-state index contributed by atoms with van der Waals surface area (Å²) in [4.78, 5) is 2.61. The van der Waals surface area contributed by atoms with Gasteiger partial charge in [0, 0.05) is 33.1 Å². The molecule has 36 heavy (non-hydrogen) atoms. The molecule has 2 aromatic rings. The van der Waals surface area contributed by atoms with Gasteiger partial charge in [0.15, 0.2) is 0 Å². The molecule has 1 unspecified atom stereocenters. The zero-order valence-corrected chi connectivity index (χ0v) is 24.3. The van der Waals surface area contributed by atoms with Gasteiger partial charge in [0.2, 0.25) is 0 Å². The third kappa shape index (κ3) is 5.50. The summed E-state index contributed by atoms with van der Waals surface area (Å²) >= 11 is 12.0. The molecule has 0 radical (unpaired) electrons. The van der Waals surface area contributed by atoms with Gasteiger partial charge in [0.25, 0.3) is 0 Å². The van der Waals surface area contributed by atoms with Gasteiger partial charge >= 0.3 is 0 Å². The third-order valence-electron chi connectivity index (χ3n) is 9.77. The zero-order chi connectivity index (χ0) is 24.5. The van der Waals surface area contributed by atoms with E-state index in [-0.39, 0.29) is 12.4 Å². The molecule has 0 aliphatic heterocycles. The Morgan fingerprint density at radius 3 is 1.64 bits per heavy atom. The van der Waals surface area contributed by atoms with Crippen molar-refractivity contribution in [3.63, 3.8) is 0 Å². The lowest BCUT2D eigenvalue weighted by molar-refractivity contribution is 0.0276. The Morgan fingerprint density at radius 1 is 0.750 bits per heavy atom. The van der Waals surface area contributed by atoms with Crippen LogP contribution in [0.4, 0.5) is 0 Å². The maximum atomic E-state index is 6.05. The van der Waals surface area contributed by atoms with Gasteiger partial charge in [0.05, 0.1) is 0 Å². The molecule has 0 amide bonds. The molecule has 6 rings (SSSR count). The van der Waals surface area contributed by atoms with Gasteiger partial charge in [-0.15, -0.1) is 12.4 Å². The van der Waals surface area contributed by atoms with Crippen LogP contribution in [-0.2, 0) is 11.0 Å². The van der Waals surface area contributed by atoms with Crippen molar-refractivity contribution in [2.75, 3.05) is 14.1 Å². The molecule has 0 bridgehead atoms. The van der Waals surface area contributed by atoms with Gasteiger partial charge in [0.1, 0.15) is 0 Å². The van der Waals surface area contributed by atoms with Crippen molar-refractivity contribution in [1.82, 2.24) is 10.2 Å². The van der Waals surface area contributed by atoms with Crippen LogP contribution in [0.25, 0.3) is 0 Å². The number of benzene rings is 2. The number of halogens is 3. The Bertz CT molecular complexity index is 956. The largest absolute Gasteiger partial charge is 0.316 e. The molecule has 2 aromatic carbocycles. The number of nitrogens with zero attached hydrogens (tertiary/aromatic N) is 1. The Balaban J connectivity index is 0.000000167. The minimum atomic E-state index is 0. The van der Waals surface area contributed by atoms with Crippen LogP contribution in [0.15, 0.2) is 48.5 Å². The lowest BCUT2D eigenvalue weighted by Crippen LogP contribution is -2.54. The summed E-state index contributed by atoms with van der Waals surface area (Å²) in [6.07, 6.45) is 16.4. The summed E-state index contributed by atoms with van der Waals surface area (Å²) in [5.74, 6) is 0.862. The predicted molar refractivity (Wildman–Crippen MR) is 157 cm³/mol. The topological polar surface area (TPSA) is 15.3 Å². The molecule has 0 spiro atoms. The normalized spacial score (nSPS) is 23.0. The summed E-state index contributed by atoms with van der Waals surface area (Å²) in [6, 6.07) is 18.6. The van der Waals surface area contributed by atoms with Crippen LogP contribution in [0.3, 0.4) is 0 Å². The molecule has 0 saturated heterocycles. The molecule has 4 aliphatic carbocycles. The zero-order valence-electron chi connectivity index (χ0n) is 21.9. The quantitative estimate of drug-likeness (QED) is 0.371. The molecule has 198 valence electrons. The smallest absolute Gasteiger partial charge is 0.0460 e. The molecule has 1 atom stereocenters. The fraction of sp³-hybridized carbons (Fsp3) is 0.613. The first kappa shape index (κ1) is 28.2. The Kier molecular flexibility index (Phi) is 9.38. The Morgan fingerprint density at radius 2 is 1.25 bits per heavy atom. The number of rotatable bonds is 7. The first-order valence-electron chi connectivity index (χ1n) is 13.9. The SMILES string of the molecule is CN(C1CC1)C1(c2ccc(Cl)cc2)CCC1.CNC(C1CCCC1)C1(c2ccc(Cl)cc2)CCC1.Cl. The summed E-state index contributed by atoms with van der Waals surface area (Å²) in [5.41, 5.74) is 3.65. The van der Waals surface area contributed by atoms with Gasteiger partial charge in [-0.25, -0.2) is 0 Å². The van der Waals surface area contributed by atoms with Crippen molar-refractivity contribution in [2.24, 2.45) is 5.92 Å². The molecule has 4 saturated carbocycles. The molecular formula is C31H43Cl3N2. The number of nitrogens with one attached hydrogen (secondary N) is 1. The highest BCUT2D eigenvalue weighted by Crippen LogP contribution is 2.51. The first-order valence-corrected chi connectivity index (χ1v) is 14.7. The van der Waals surface area contributed by atoms with Crippen molar-refractivity contribution in [2.45, 2.75) is 100 Å². The van der Waals surface area contributed by atoms with Gasteiger partial charge in [-0.1, -0.05) is 66.7 Å². The molecule has 4 fully saturated rings. The fourth-order valence-corrected chi connectivity index (χ4v) is 7.55. The summed E-state index contributed by atoms with van der Waals surface area (Å²) < 4.78 is 0. The van der Waals surface area contributed by atoms with Crippen LogP contribution < -0.4 is 5.32 Å². The average molecular weight is 550 g/mol.